The number of benzene rings is 2. The molecule has 1 heterocycles. The Morgan fingerprint density at radius 3 is 2.50 bits per heavy atom. The number of carbonyl (C=O) groups is 3. The average Bonchev–Trinajstić information content (AvgIpc) is 3.20. The summed E-state index contributed by atoms with van der Waals surface area (Å²) >= 11 is 2.82. The van der Waals surface area contributed by atoms with Gasteiger partial charge in [-0.1, -0.05) is 42.8 Å². The molecule has 2 amide bonds. The van der Waals surface area contributed by atoms with Gasteiger partial charge in [-0.25, -0.2) is 4.98 Å². The van der Waals surface area contributed by atoms with Gasteiger partial charge in [0.1, 0.15) is 0 Å². The summed E-state index contributed by atoms with van der Waals surface area (Å²) in [6.45, 7) is 0. The zero-order valence-electron chi connectivity index (χ0n) is 17.2. The first-order valence-corrected chi connectivity index (χ1v) is 12.2. The summed E-state index contributed by atoms with van der Waals surface area (Å²) in [4.78, 5) is 40.9. The van der Waals surface area contributed by atoms with Gasteiger partial charge < -0.3 is 15.7 Å². The van der Waals surface area contributed by atoms with Crippen LogP contribution in [-0.2, 0) is 14.4 Å². The van der Waals surface area contributed by atoms with Gasteiger partial charge in [0.15, 0.2) is 4.34 Å². The molecule has 0 bridgehead atoms. The number of nitrogens with zero attached hydrogens (tertiary/aromatic N) is 1. The number of thiazole rings is 1. The van der Waals surface area contributed by atoms with Crippen molar-refractivity contribution in [1.82, 2.24) is 4.98 Å². The molecule has 1 aliphatic rings. The van der Waals surface area contributed by atoms with Crippen LogP contribution in [0.15, 0.2) is 52.9 Å². The molecule has 1 aliphatic carbocycles. The van der Waals surface area contributed by atoms with Crippen molar-refractivity contribution >= 4 is 62.5 Å². The zero-order valence-corrected chi connectivity index (χ0v) is 18.9. The lowest BCUT2D eigenvalue weighted by Crippen LogP contribution is -2.36. The van der Waals surface area contributed by atoms with Crippen LogP contribution in [-0.4, -0.2) is 33.6 Å². The van der Waals surface area contributed by atoms with Crippen LogP contribution in [0.3, 0.4) is 0 Å². The minimum Gasteiger partial charge on any atom is -0.481 e. The van der Waals surface area contributed by atoms with Gasteiger partial charge in [0, 0.05) is 11.4 Å². The summed E-state index contributed by atoms with van der Waals surface area (Å²) in [5.41, 5.74) is 2.17. The van der Waals surface area contributed by atoms with E-state index >= 15 is 0 Å². The number of carboxylic acid groups (broad SMARTS) is 1. The van der Waals surface area contributed by atoms with Gasteiger partial charge in [0.05, 0.1) is 27.8 Å². The van der Waals surface area contributed by atoms with Crippen molar-refractivity contribution in [2.45, 2.75) is 30.0 Å². The SMILES string of the molecule is O=C(CSc1nc2ccc(NC(=O)[C@@H]3CCCC[C@@H]3C(=O)O)cc2s1)Nc1ccccc1. The molecule has 4 rings (SSSR count). The number of hydrogen-bond donors (Lipinski definition) is 3. The Hall–Kier alpha value is -2.91. The van der Waals surface area contributed by atoms with Crippen LogP contribution >= 0.6 is 23.1 Å². The molecule has 0 unspecified atom stereocenters. The number of carboxylic acids is 1. The Bertz CT molecular complexity index is 1130. The molecule has 3 N–H and O–H groups in total. The Morgan fingerprint density at radius 2 is 1.75 bits per heavy atom. The van der Waals surface area contributed by atoms with E-state index in [-0.39, 0.29) is 17.6 Å². The second kappa shape index (κ2) is 10.1. The minimum absolute atomic E-state index is 0.103. The van der Waals surface area contributed by atoms with Gasteiger partial charge in [0.2, 0.25) is 11.8 Å². The fourth-order valence-corrected chi connectivity index (χ4v) is 5.77. The van der Waals surface area contributed by atoms with E-state index in [1.807, 2.05) is 42.5 Å². The fraction of sp³-hybridized carbons (Fsp3) is 0.304. The molecule has 32 heavy (non-hydrogen) atoms. The summed E-state index contributed by atoms with van der Waals surface area (Å²) in [6, 6.07) is 14.7. The molecule has 3 aromatic rings. The van der Waals surface area contributed by atoms with E-state index in [2.05, 4.69) is 15.6 Å². The number of carbonyl (C=O) groups excluding carboxylic acids is 2. The molecule has 0 saturated heterocycles. The first kappa shape index (κ1) is 22.3. The highest BCUT2D eigenvalue weighted by atomic mass is 32.2. The maximum Gasteiger partial charge on any atom is 0.307 e. The van der Waals surface area contributed by atoms with Gasteiger partial charge in [-0.2, -0.15) is 0 Å². The summed E-state index contributed by atoms with van der Waals surface area (Å²) in [6.07, 6.45) is 2.85. The molecule has 0 spiro atoms. The number of hydrogen-bond acceptors (Lipinski definition) is 6. The van der Waals surface area contributed by atoms with Crippen molar-refractivity contribution in [1.29, 1.82) is 0 Å². The lowest BCUT2D eigenvalue weighted by atomic mass is 9.78. The summed E-state index contributed by atoms with van der Waals surface area (Å²) < 4.78 is 1.66. The van der Waals surface area contributed by atoms with Crippen molar-refractivity contribution in [2.75, 3.05) is 16.4 Å². The molecule has 1 fully saturated rings. The zero-order chi connectivity index (χ0) is 22.5. The van der Waals surface area contributed by atoms with E-state index in [0.29, 0.717) is 18.5 Å². The number of rotatable bonds is 7. The van der Waals surface area contributed by atoms with Gasteiger partial charge in [-0.05, 0) is 43.2 Å². The highest BCUT2D eigenvalue weighted by molar-refractivity contribution is 8.01. The van der Waals surface area contributed by atoms with Gasteiger partial charge >= 0.3 is 5.97 Å². The Balaban J connectivity index is 1.37. The first-order chi connectivity index (χ1) is 15.5. The predicted molar refractivity (Wildman–Crippen MR) is 127 cm³/mol. The van der Waals surface area contributed by atoms with E-state index in [1.165, 1.54) is 23.1 Å². The van der Waals surface area contributed by atoms with E-state index < -0.39 is 17.8 Å². The molecule has 7 nitrogen and oxygen atoms in total. The van der Waals surface area contributed by atoms with Crippen LogP contribution < -0.4 is 10.6 Å². The Labute approximate surface area is 193 Å². The normalized spacial score (nSPS) is 18.2. The number of aliphatic carboxylic acids is 1. The monoisotopic (exact) mass is 469 g/mol. The average molecular weight is 470 g/mol. The van der Waals surface area contributed by atoms with Gasteiger partial charge in [-0.15, -0.1) is 11.3 Å². The van der Waals surface area contributed by atoms with E-state index in [4.69, 9.17) is 0 Å². The quantitative estimate of drug-likeness (QED) is 0.427. The summed E-state index contributed by atoms with van der Waals surface area (Å²) in [7, 11) is 0. The molecule has 1 aromatic heterocycles. The third-order valence-corrected chi connectivity index (χ3v) is 7.60. The largest absolute Gasteiger partial charge is 0.481 e. The minimum atomic E-state index is -0.902. The Morgan fingerprint density at radius 1 is 1.00 bits per heavy atom. The van der Waals surface area contributed by atoms with Crippen molar-refractivity contribution in [3.63, 3.8) is 0 Å². The van der Waals surface area contributed by atoms with Crippen LogP contribution in [0.4, 0.5) is 11.4 Å². The highest BCUT2D eigenvalue weighted by Gasteiger charge is 2.35. The number of anilines is 2. The molecule has 2 aromatic carbocycles. The van der Waals surface area contributed by atoms with Gasteiger partial charge in [-0.3, -0.25) is 14.4 Å². The van der Waals surface area contributed by atoms with Crippen LogP contribution in [0, 0.1) is 11.8 Å². The highest BCUT2D eigenvalue weighted by Crippen LogP contribution is 2.33. The third-order valence-electron chi connectivity index (χ3n) is 5.44. The fourth-order valence-electron chi connectivity index (χ4n) is 3.86. The van der Waals surface area contributed by atoms with Gasteiger partial charge in [0.25, 0.3) is 0 Å². The molecule has 9 heteroatoms. The maximum absolute atomic E-state index is 12.7. The van der Waals surface area contributed by atoms with E-state index in [0.717, 1.165) is 33.1 Å². The molecule has 0 aliphatic heterocycles. The third kappa shape index (κ3) is 5.46. The topological polar surface area (TPSA) is 108 Å². The summed E-state index contributed by atoms with van der Waals surface area (Å²) in [5, 5.41) is 15.2. The van der Waals surface area contributed by atoms with Crippen LogP contribution in [0.1, 0.15) is 25.7 Å². The molecule has 2 atom stereocenters. The Kier molecular flexibility index (Phi) is 7.06. The molecular formula is C23H23N3O4S2. The maximum atomic E-state index is 12.7. The van der Waals surface area contributed by atoms with Crippen molar-refractivity contribution in [3.05, 3.63) is 48.5 Å². The summed E-state index contributed by atoms with van der Waals surface area (Å²) in [5.74, 6) is -2.13. The van der Waals surface area contributed by atoms with Crippen LogP contribution in [0.5, 0.6) is 0 Å². The van der Waals surface area contributed by atoms with Crippen molar-refractivity contribution in [2.24, 2.45) is 11.8 Å². The number of para-hydroxylation sites is 1. The number of fused-ring (bicyclic) bond motifs is 1. The lowest BCUT2D eigenvalue weighted by Gasteiger charge is -2.27. The smallest absolute Gasteiger partial charge is 0.307 e. The first-order valence-electron chi connectivity index (χ1n) is 10.4. The number of nitrogens with one attached hydrogen (secondary N) is 2. The standard InChI is InChI=1S/C23H23N3O4S2/c27-20(24-14-6-2-1-3-7-14)13-31-23-26-18-11-10-15(12-19(18)32-23)25-21(28)16-8-4-5-9-17(16)22(29)30/h1-3,6-7,10-12,16-17H,4-5,8-9,13H2,(H,24,27)(H,25,28)(H,29,30)/t16-,17+/m1/s1. The second-order valence-corrected chi connectivity index (χ2v) is 9.94. The van der Waals surface area contributed by atoms with Crippen LogP contribution in [0.25, 0.3) is 10.2 Å². The van der Waals surface area contributed by atoms with E-state index in [1.54, 1.807) is 6.07 Å². The molecule has 0 radical (unpaired) electrons. The number of aromatic nitrogens is 1. The molecule has 166 valence electrons. The number of thioether (sulfide) groups is 1. The van der Waals surface area contributed by atoms with Crippen LogP contribution in [0.2, 0.25) is 0 Å². The molecular weight excluding hydrogens is 446 g/mol. The lowest BCUT2D eigenvalue weighted by molar-refractivity contribution is -0.147. The van der Waals surface area contributed by atoms with E-state index in [9.17, 15) is 19.5 Å². The second-order valence-electron chi connectivity index (χ2n) is 7.69. The van der Waals surface area contributed by atoms with Crippen molar-refractivity contribution < 1.29 is 19.5 Å². The van der Waals surface area contributed by atoms with Crippen molar-refractivity contribution in [3.8, 4) is 0 Å². The number of amides is 2. The molecule has 1 saturated carbocycles. The predicted octanol–water partition coefficient (Wildman–Crippen LogP) is 4.86.